The number of rotatable bonds is 8. The minimum Gasteiger partial charge on any atom is -0.454 e. The lowest BCUT2D eigenvalue weighted by molar-refractivity contribution is -0.151. The normalized spacial score (nSPS) is 16.8. The second kappa shape index (κ2) is 10.7. The number of halogens is 1. The first-order valence-electron chi connectivity index (χ1n) is 9.93. The standard InChI is InChI=1S/C20H29FN2O5S/c1-14(2)19(23-29(26,27)17-12-8-7-11-16(17)21)20(25)28-13-18(24)22-15-9-5-3-4-6-10-15/h7-8,11-12,14-15,19,23H,3-6,9-10,13H2,1-2H3,(H,22,24)/t19-/m0/s1. The minimum absolute atomic E-state index is 0.0733. The monoisotopic (exact) mass is 428 g/mol. The molecule has 1 fully saturated rings. The number of sulfonamides is 1. The van der Waals surface area contributed by atoms with Crippen LogP contribution >= 0.6 is 0 Å². The van der Waals surface area contributed by atoms with Crippen LogP contribution in [0.5, 0.6) is 0 Å². The Morgan fingerprint density at radius 3 is 2.34 bits per heavy atom. The first-order valence-corrected chi connectivity index (χ1v) is 11.4. The van der Waals surface area contributed by atoms with Crippen LogP contribution in [0, 0.1) is 11.7 Å². The third-order valence-corrected chi connectivity index (χ3v) is 6.37. The molecule has 0 aliphatic heterocycles. The highest BCUT2D eigenvalue weighted by molar-refractivity contribution is 7.89. The van der Waals surface area contributed by atoms with E-state index in [9.17, 15) is 22.4 Å². The zero-order valence-electron chi connectivity index (χ0n) is 16.8. The Hall–Kier alpha value is -2.00. The average Bonchev–Trinajstić information content (AvgIpc) is 2.93. The van der Waals surface area contributed by atoms with Crippen LogP contribution < -0.4 is 10.0 Å². The van der Waals surface area contributed by atoms with Crippen LogP contribution in [0.2, 0.25) is 0 Å². The van der Waals surface area contributed by atoms with Crippen LogP contribution in [0.1, 0.15) is 52.4 Å². The summed E-state index contributed by atoms with van der Waals surface area (Å²) in [5, 5.41) is 2.86. The summed E-state index contributed by atoms with van der Waals surface area (Å²) in [6, 6.07) is 3.72. The molecule has 0 spiro atoms. The molecule has 9 heteroatoms. The fourth-order valence-electron chi connectivity index (χ4n) is 3.27. The smallest absolute Gasteiger partial charge is 0.324 e. The van der Waals surface area contributed by atoms with Gasteiger partial charge in [0.25, 0.3) is 5.91 Å². The summed E-state index contributed by atoms with van der Waals surface area (Å²) in [5.41, 5.74) is 0. The maximum Gasteiger partial charge on any atom is 0.324 e. The summed E-state index contributed by atoms with van der Waals surface area (Å²) >= 11 is 0. The van der Waals surface area contributed by atoms with Gasteiger partial charge < -0.3 is 10.1 Å². The number of amides is 1. The van der Waals surface area contributed by atoms with E-state index >= 15 is 0 Å². The second-order valence-corrected chi connectivity index (χ2v) is 9.32. The maximum atomic E-state index is 13.9. The molecule has 29 heavy (non-hydrogen) atoms. The summed E-state index contributed by atoms with van der Waals surface area (Å²) in [5.74, 6) is -2.67. The van der Waals surface area contributed by atoms with Gasteiger partial charge in [-0.3, -0.25) is 9.59 Å². The average molecular weight is 429 g/mol. The third kappa shape index (κ3) is 7.08. The number of carbonyl (C=O) groups is 2. The lowest BCUT2D eigenvalue weighted by Gasteiger charge is -2.21. The Kier molecular flexibility index (Phi) is 8.58. The molecule has 1 saturated carbocycles. The van der Waals surface area contributed by atoms with Gasteiger partial charge in [0.05, 0.1) is 0 Å². The molecule has 1 atom stereocenters. The highest BCUT2D eigenvalue weighted by Gasteiger charge is 2.31. The summed E-state index contributed by atoms with van der Waals surface area (Å²) in [6.07, 6.45) is 6.21. The summed E-state index contributed by atoms with van der Waals surface area (Å²) in [7, 11) is -4.27. The van der Waals surface area contributed by atoms with Crippen LogP contribution in [0.3, 0.4) is 0 Å². The fourth-order valence-corrected chi connectivity index (χ4v) is 4.68. The molecule has 0 unspecified atom stereocenters. The van der Waals surface area contributed by atoms with E-state index in [2.05, 4.69) is 10.0 Å². The van der Waals surface area contributed by atoms with Crippen molar-refractivity contribution in [3.05, 3.63) is 30.1 Å². The van der Waals surface area contributed by atoms with Crippen LogP contribution in [-0.4, -0.2) is 39.0 Å². The van der Waals surface area contributed by atoms with Crippen LogP contribution in [0.25, 0.3) is 0 Å². The van der Waals surface area contributed by atoms with Gasteiger partial charge in [-0.2, -0.15) is 4.72 Å². The zero-order chi connectivity index (χ0) is 21.4. The molecule has 0 radical (unpaired) electrons. The van der Waals surface area contributed by atoms with Crippen molar-refractivity contribution in [1.29, 1.82) is 0 Å². The number of ether oxygens (including phenoxy) is 1. The number of benzene rings is 1. The number of esters is 1. The van der Waals surface area contributed by atoms with E-state index in [1.807, 2.05) is 0 Å². The Balaban J connectivity index is 1.95. The maximum absolute atomic E-state index is 13.9. The van der Waals surface area contributed by atoms with Gasteiger partial charge in [0.1, 0.15) is 16.8 Å². The SMILES string of the molecule is CC(C)[C@H](NS(=O)(=O)c1ccccc1F)C(=O)OCC(=O)NC1CCCCCC1. The first kappa shape index (κ1) is 23.3. The van der Waals surface area contributed by atoms with E-state index in [-0.39, 0.29) is 6.04 Å². The van der Waals surface area contributed by atoms with Crippen molar-refractivity contribution in [1.82, 2.24) is 10.0 Å². The topological polar surface area (TPSA) is 102 Å². The van der Waals surface area contributed by atoms with E-state index < -0.39 is 51.2 Å². The molecule has 0 bridgehead atoms. The zero-order valence-corrected chi connectivity index (χ0v) is 17.6. The van der Waals surface area contributed by atoms with Crippen molar-refractivity contribution in [2.24, 2.45) is 5.92 Å². The van der Waals surface area contributed by atoms with E-state index in [0.717, 1.165) is 50.7 Å². The molecule has 1 aromatic carbocycles. The van der Waals surface area contributed by atoms with E-state index in [4.69, 9.17) is 4.74 Å². The predicted octanol–water partition coefficient (Wildman–Crippen LogP) is 2.51. The van der Waals surface area contributed by atoms with Gasteiger partial charge in [0.2, 0.25) is 10.0 Å². The lowest BCUT2D eigenvalue weighted by Crippen LogP contribution is -2.46. The van der Waals surface area contributed by atoms with Crippen molar-refractivity contribution < 1.29 is 27.1 Å². The third-order valence-electron chi connectivity index (χ3n) is 4.89. The quantitative estimate of drug-likeness (QED) is 0.489. The molecule has 162 valence electrons. The van der Waals surface area contributed by atoms with E-state index in [1.165, 1.54) is 12.1 Å². The number of hydrogen-bond donors (Lipinski definition) is 2. The molecule has 0 aromatic heterocycles. The summed E-state index contributed by atoms with van der Waals surface area (Å²) in [4.78, 5) is 24.0. The molecule has 7 nitrogen and oxygen atoms in total. The molecule has 1 aromatic rings. The highest BCUT2D eigenvalue weighted by atomic mass is 32.2. The van der Waals surface area contributed by atoms with Crippen molar-refractivity contribution >= 4 is 21.9 Å². The number of carbonyl (C=O) groups excluding carboxylic acids is 2. The van der Waals surface area contributed by atoms with Crippen molar-refractivity contribution in [3.63, 3.8) is 0 Å². The van der Waals surface area contributed by atoms with Crippen molar-refractivity contribution in [3.8, 4) is 0 Å². The molecule has 1 aliphatic rings. The van der Waals surface area contributed by atoms with Crippen molar-refractivity contribution in [2.45, 2.75) is 69.4 Å². The van der Waals surface area contributed by atoms with Crippen LogP contribution in [-0.2, 0) is 24.3 Å². The largest absolute Gasteiger partial charge is 0.454 e. The van der Waals surface area contributed by atoms with Gasteiger partial charge in [0, 0.05) is 6.04 Å². The van der Waals surface area contributed by atoms with E-state index in [0.29, 0.717) is 0 Å². The van der Waals surface area contributed by atoms with Crippen LogP contribution in [0.15, 0.2) is 29.2 Å². The molecule has 0 heterocycles. The molecular weight excluding hydrogens is 399 g/mol. The Labute approximate surface area is 171 Å². The number of nitrogens with one attached hydrogen (secondary N) is 2. The van der Waals surface area contributed by atoms with Gasteiger partial charge in [-0.15, -0.1) is 0 Å². The van der Waals surface area contributed by atoms with Crippen molar-refractivity contribution in [2.75, 3.05) is 6.61 Å². The fraction of sp³-hybridized carbons (Fsp3) is 0.600. The van der Waals surface area contributed by atoms with Crippen LogP contribution in [0.4, 0.5) is 4.39 Å². The minimum atomic E-state index is -4.27. The summed E-state index contributed by atoms with van der Waals surface area (Å²) in [6.45, 7) is 2.77. The molecular formula is C20H29FN2O5S. The van der Waals surface area contributed by atoms with Gasteiger partial charge in [-0.05, 0) is 30.9 Å². The molecule has 0 saturated heterocycles. The Morgan fingerprint density at radius 1 is 1.14 bits per heavy atom. The Bertz CT molecular complexity index is 805. The molecule has 2 rings (SSSR count). The Morgan fingerprint density at radius 2 is 1.76 bits per heavy atom. The number of hydrogen-bond acceptors (Lipinski definition) is 5. The van der Waals surface area contributed by atoms with E-state index in [1.54, 1.807) is 13.8 Å². The molecule has 2 N–H and O–H groups in total. The van der Waals surface area contributed by atoms with Gasteiger partial charge >= 0.3 is 5.97 Å². The first-order chi connectivity index (χ1) is 13.7. The lowest BCUT2D eigenvalue weighted by atomic mass is 10.1. The molecule has 1 amide bonds. The molecule has 1 aliphatic carbocycles. The second-order valence-electron chi connectivity index (χ2n) is 7.64. The highest BCUT2D eigenvalue weighted by Crippen LogP contribution is 2.18. The van der Waals surface area contributed by atoms with Gasteiger partial charge in [0.15, 0.2) is 6.61 Å². The summed E-state index contributed by atoms with van der Waals surface area (Å²) < 4.78 is 46.0. The van der Waals surface area contributed by atoms with Gasteiger partial charge in [-0.1, -0.05) is 51.7 Å². The van der Waals surface area contributed by atoms with Gasteiger partial charge in [-0.25, -0.2) is 12.8 Å². The predicted molar refractivity (Wildman–Crippen MR) is 106 cm³/mol.